The first-order valence-corrected chi connectivity index (χ1v) is 6.33. The van der Waals surface area contributed by atoms with E-state index in [0.717, 1.165) is 0 Å². The van der Waals surface area contributed by atoms with Crippen LogP contribution in [0.15, 0.2) is 0 Å². The Morgan fingerprint density at radius 1 is 1.44 bits per heavy atom. The second kappa shape index (κ2) is 5.03. The molecule has 2 rings (SSSR count). The maximum absolute atomic E-state index is 12.2. The molecule has 2 saturated heterocycles. The van der Waals surface area contributed by atoms with E-state index in [1.54, 1.807) is 4.90 Å². The Bertz CT molecular complexity index is 316. The van der Waals surface area contributed by atoms with Gasteiger partial charge in [0, 0.05) is 6.54 Å². The lowest BCUT2D eigenvalue weighted by atomic mass is 10.1. The van der Waals surface area contributed by atoms with Crippen molar-refractivity contribution in [2.75, 3.05) is 26.3 Å². The fourth-order valence-corrected chi connectivity index (χ4v) is 2.25. The molecule has 0 aromatic heterocycles. The van der Waals surface area contributed by atoms with Gasteiger partial charge in [-0.2, -0.15) is 0 Å². The molecule has 2 aliphatic rings. The summed E-state index contributed by atoms with van der Waals surface area (Å²) in [5, 5.41) is 0. The number of ether oxygens (including phenoxy) is 3. The Morgan fingerprint density at radius 3 is 2.78 bits per heavy atom. The zero-order chi connectivity index (χ0) is 13.3. The Balaban J connectivity index is 2.06. The van der Waals surface area contributed by atoms with Gasteiger partial charge in [-0.1, -0.05) is 0 Å². The standard InChI is InChI=1S/C12H22N2O4/c1-12(2,3)18-11(15)14-5-8(4-13)17-10-7-16-6-9(10)14/h8-10H,4-7,13H2,1-3H3/t8-,9+,10+/m1/s1. The molecule has 2 heterocycles. The maximum Gasteiger partial charge on any atom is 0.410 e. The fourth-order valence-electron chi connectivity index (χ4n) is 2.25. The molecule has 2 N–H and O–H groups in total. The quantitative estimate of drug-likeness (QED) is 0.734. The van der Waals surface area contributed by atoms with Crippen molar-refractivity contribution >= 4 is 6.09 Å². The minimum Gasteiger partial charge on any atom is -0.444 e. The van der Waals surface area contributed by atoms with E-state index in [1.165, 1.54) is 0 Å². The minimum atomic E-state index is -0.497. The molecule has 1 amide bonds. The van der Waals surface area contributed by atoms with Gasteiger partial charge in [0.1, 0.15) is 11.7 Å². The van der Waals surface area contributed by atoms with Gasteiger partial charge >= 0.3 is 6.09 Å². The van der Waals surface area contributed by atoms with E-state index in [1.807, 2.05) is 20.8 Å². The van der Waals surface area contributed by atoms with Crippen LogP contribution >= 0.6 is 0 Å². The van der Waals surface area contributed by atoms with E-state index < -0.39 is 5.60 Å². The Kier molecular flexibility index (Phi) is 3.79. The highest BCUT2D eigenvalue weighted by molar-refractivity contribution is 5.69. The van der Waals surface area contributed by atoms with Crippen molar-refractivity contribution < 1.29 is 19.0 Å². The second-order valence-electron chi connectivity index (χ2n) is 5.77. The van der Waals surface area contributed by atoms with Gasteiger partial charge in [0.25, 0.3) is 0 Å². The monoisotopic (exact) mass is 258 g/mol. The van der Waals surface area contributed by atoms with Crippen LogP contribution < -0.4 is 5.73 Å². The average molecular weight is 258 g/mol. The number of hydrogen-bond acceptors (Lipinski definition) is 5. The number of carbonyl (C=O) groups is 1. The van der Waals surface area contributed by atoms with E-state index in [9.17, 15) is 4.79 Å². The Labute approximate surface area is 107 Å². The van der Waals surface area contributed by atoms with Crippen molar-refractivity contribution in [2.24, 2.45) is 5.73 Å². The molecule has 0 spiro atoms. The molecule has 6 heteroatoms. The van der Waals surface area contributed by atoms with Gasteiger partial charge in [0.2, 0.25) is 0 Å². The average Bonchev–Trinajstić information content (AvgIpc) is 2.72. The van der Waals surface area contributed by atoms with Crippen molar-refractivity contribution in [1.82, 2.24) is 4.90 Å². The molecule has 0 saturated carbocycles. The summed E-state index contributed by atoms with van der Waals surface area (Å²) >= 11 is 0. The van der Waals surface area contributed by atoms with Crippen molar-refractivity contribution in [3.05, 3.63) is 0 Å². The lowest BCUT2D eigenvalue weighted by Gasteiger charge is -2.40. The lowest BCUT2D eigenvalue weighted by Crippen LogP contribution is -2.58. The summed E-state index contributed by atoms with van der Waals surface area (Å²) in [5.74, 6) is 0. The Hall–Kier alpha value is -0.850. The van der Waals surface area contributed by atoms with Gasteiger partial charge < -0.3 is 19.9 Å². The van der Waals surface area contributed by atoms with E-state index in [0.29, 0.717) is 26.3 Å². The van der Waals surface area contributed by atoms with Gasteiger partial charge in [-0.15, -0.1) is 0 Å². The molecule has 0 bridgehead atoms. The lowest BCUT2D eigenvalue weighted by molar-refractivity contribution is -0.0970. The molecular formula is C12H22N2O4. The molecule has 3 atom stereocenters. The van der Waals surface area contributed by atoms with Crippen molar-refractivity contribution in [1.29, 1.82) is 0 Å². The maximum atomic E-state index is 12.2. The predicted octanol–water partition coefficient (Wildman–Crippen LogP) is 0.348. The molecular weight excluding hydrogens is 236 g/mol. The number of carbonyl (C=O) groups excluding carboxylic acids is 1. The number of fused-ring (bicyclic) bond motifs is 1. The third kappa shape index (κ3) is 2.93. The number of rotatable bonds is 1. The highest BCUT2D eigenvalue weighted by Gasteiger charge is 2.43. The van der Waals surface area contributed by atoms with Crippen LogP contribution in [0.3, 0.4) is 0 Å². The first-order chi connectivity index (χ1) is 8.40. The third-order valence-corrected chi connectivity index (χ3v) is 3.06. The van der Waals surface area contributed by atoms with E-state index in [-0.39, 0.29) is 24.3 Å². The summed E-state index contributed by atoms with van der Waals surface area (Å²) in [4.78, 5) is 13.9. The smallest absolute Gasteiger partial charge is 0.410 e. The summed E-state index contributed by atoms with van der Waals surface area (Å²) in [6, 6.07) is -0.0531. The van der Waals surface area contributed by atoms with Crippen molar-refractivity contribution in [2.45, 2.75) is 44.6 Å². The zero-order valence-electron chi connectivity index (χ0n) is 11.2. The van der Waals surface area contributed by atoms with Crippen LogP contribution in [0.1, 0.15) is 20.8 Å². The SMILES string of the molecule is CC(C)(C)OC(=O)N1C[C@@H](CN)O[C@H]2COC[C@@H]21. The first kappa shape index (κ1) is 13.6. The third-order valence-electron chi connectivity index (χ3n) is 3.06. The van der Waals surface area contributed by atoms with Gasteiger partial charge in [0.15, 0.2) is 0 Å². The minimum absolute atomic E-state index is 0.0531. The summed E-state index contributed by atoms with van der Waals surface area (Å²) in [6.45, 7) is 7.44. The molecule has 0 aromatic carbocycles. The molecule has 6 nitrogen and oxygen atoms in total. The van der Waals surface area contributed by atoms with Gasteiger partial charge in [-0.3, -0.25) is 4.90 Å². The van der Waals surface area contributed by atoms with Crippen LogP contribution in [0.5, 0.6) is 0 Å². The summed E-state index contributed by atoms with van der Waals surface area (Å²) in [6.07, 6.45) is -0.537. The van der Waals surface area contributed by atoms with Crippen LogP contribution in [0.4, 0.5) is 4.79 Å². The van der Waals surface area contributed by atoms with E-state index in [2.05, 4.69) is 0 Å². The van der Waals surface area contributed by atoms with Crippen LogP contribution in [0.25, 0.3) is 0 Å². The number of nitrogens with zero attached hydrogens (tertiary/aromatic N) is 1. The van der Waals surface area contributed by atoms with Crippen LogP contribution in [-0.4, -0.2) is 61.1 Å². The van der Waals surface area contributed by atoms with Gasteiger partial charge in [0.05, 0.1) is 31.9 Å². The van der Waals surface area contributed by atoms with Gasteiger partial charge in [-0.05, 0) is 20.8 Å². The Morgan fingerprint density at radius 2 is 2.17 bits per heavy atom. The molecule has 0 aliphatic carbocycles. The molecule has 0 aromatic rings. The largest absolute Gasteiger partial charge is 0.444 e. The summed E-state index contributed by atoms with van der Waals surface area (Å²) in [5.41, 5.74) is 5.13. The number of morpholine rings is 1. The summed E-state index contributed by atoms with van der Waals surface area (Å²) in [7, 11) is 0. The zero-order valence-corrected chi connectivity index (χ0v) is 11.2. The fraction of sp³-hybridized carbons (Fsp3) is 0.917. The number of amides is 1. The molecule has 0 unspecified atom stereocenters. The number of hydrogen-bond donors (Lipinski definition) is 1. The van der Waals surface area contributed by atoms with Crippen LogP contribution in [0.2, 0.25) is 0 Å². The second-order valence-corrected chi connectivity index (χ2v) is 5.77. The normalized spacial score (nSPS) is 32.2. The molecule has 0 radical (unpaired) electrons. The van der Waals surface area contributed by atoms with E-state index >= 15 is 0 Å². The topological polar surface area (TPSA) is 74.0 Å². The summed E-state index contributed by atoms with van der Waals surface area (Å²) < 4.78 is 16.6. The molecule has 2 fully saturated rings. The van der Waals surface area contributed by atoms with Gasteiger partial charge in [-0.25, -0.2) is 4.79 Å². The highest BCUT2D eigenvalue weighted by Crippen LogP contribution is 2.25. The number of nitrogens with two attached hydrogens (primary N) is 1. The highest BCUT2D eigenvalue weighted by atomic mass is 16.6. The van der Waals surface area contributed by atoms with Crippen LogP contribution in [-0.2, 0) is 14.2 Å². The van der Waals surface area contributed by atoms with Crippen molar-refractivity contribution in [3.63, 3.8) is 0 Å². The van der Waals surface area contributed by atoms with Crippen LogP contribution in [0, 0.1) is 0 Å². The van der Waals surface area contributed by atoms with E-state index in [4.69, 9.17) is 19.9 Å². The predicted molar refractivity (Wildman–Crippen MR) is 65.3 cm³/mol. The van der Waals surface area contributed by atoms with Crippen molar-refractivity contribution in [3.8, 4) is 0 Å². The molecule has 104 valence electrons. The molecule has 18 heavy (non-hydrogen) atoms. The molecule has 2 aliphatic heterocycles. The first-order valence-electron chi connectivity index (χ1n) is 6.33.